The Morgan fingerprint density at radius 3 is 2.57 bits per heavy atom. The van der Waals surface area contributed by atoms with E-state index < -0.39 is 10.0 Å². The smallest absolute Gasteiger partial charge is 0.271 e. The molecule has 6 nitrogen and oxygen atoms in total. The average molecular weight is 325 g/mol. The summed E-state index contributed by atoms with van der Waals surface area (Å²) in [5.41, 5.74) is 6.67. The van der Waals surface area contributed by atoms with Gasteiger partial charge in [-0.1, -0.05) is 6.07 Å². The van der Waals surface area contributed by atoms with Gasteiger partial charge in [0.2, 0.25) is 0 Å². The topological polar surface area (TPSA) is 92.5 Å². The Morgan fingerprint density at radius 2 is 2.00 bits per heavy atom. The second-order valence-corrected chi connectivity index (χ2v) is 7.41. The van der Waals surface area contributed by atoms with Crippen LogP contribution in [0.1, 0.15) is 10.4 Å². The van der Waals surface area contributed by atoms with Gasteiger partial charge in [0.15, 0.2) is 0 Å². The van der Waals surface area contributed by atoms with Gasteiger partial charge in [-0.15, -0.1) is 11.3 Å². The van der Waals surface area contributed by atoms with Gasteiger partial charge in [-0.3, -0.25) is 9.52 Å². The number of carbonyl (C=O) groups excluding carboxylic acids is 1. The summed E-state index contributed by atoms with van der Waals surface area (Å²) >= 11 is 1.04. The van der Waals surface area contributed by atoms with Crippen molar-refractivity contribution in [2.45, 2.75) is 4.21 Å². The molecule has 0 aliphatic heterocycles. The van der Waals surface area contributed by atoms with Crippen molar-refractivity contribution < 1.29 is 13.2 Å². The molecule has 21 heavy (non-hydrogen) atoms. The number of sulfonamides is 1. The third-order valence-corrected chi connectivity index (χ3v) is 5.47. The molecule has 0 atom stereocenters. The molecular formula is C13H15N3O3S2. The van der Waals surface area contributed by atoms with Gasteiger partial charge in [0.25, 0.3) is 15.9 Å². The van der Waals surface area contributed by atoms with E-state index in [2.05, 4.69) is 4.72 Å². The quantitative estimate of drug-likeness (QED) is 0.897. The highest BCUT2D eigenvalue weighted by molar-refractivity contribution is 7.94. The lowest BCUT2D eigenvalue weighted by Crippen LogP contribution is -2.21. The Morgan fingerprint density at radius 1 is 1.29 bits per heavy atom. The summed E-state index contributed by atoms with van der Waals surface area (Å²) < 4.78 is 26.9. The van der Waals surface area contributed by atoms with Crippen LogP contribution in [0.5, 0.6) is 0 Å². The largest absolute Gasteiger partial charge is 0.398 e. The van der Waals surface area contributed by atoms with Crippen molar-refractivity contribution in [2.24, 2.45) is 0 Å². The number of nitrogens with two attached hydrogens (primary N) is 1. The zero-order chi connectivity index (χ0) is 15.6. The summed E-state index contributed by atoms with van der Waals surface area (Å²) in [5, 5.41) is 1.56. The lowest BCUT2D eigenvalue weighted by molar-refractivity contribution is 0.0827. The predicted molar refractivity (Wildman–Crippen MR) is 84.0 cm³/mol. The Kier molecular flexibility index (Phi) is 4.19. The van der Waals surface area contributed by atoms with Crippen LogP contribution in [0, 0.1) is 0 Å². The molecule has 0 fully saturated rings. The van der Waals surface area contributed by atoms with Crippen molar-refractivity contribution in [2.75, 3.05) is 24.6 Å². The van der Waals surface area contributed by atoms with Crippen LogP contribution in [-0.2, 0) is 10.0 Å². The number of nitrogen functional groups attached to an aromatic ring is 1. The van der Waals surface area contributed by atoms with Crippen molar-refractivity contribution in [3.05, 3.63) is 41.3 Å². The lowest BCUT2D eigenvalue weighted by atomic mass is 10.2. The van der Waals surface area contributed by atoms with Gasteiger partial charge in [0.1, 0.15) is 4.21 Å². The fraction of sp³-hybridized carbons (Fsp3) is 0.154. The first-order valence-electron chi connectivity index (χ1n) is 5.98. The molecule has 0 radical (unpaired) electrons. The van der Waals surface area contributed by atoms with Gasteiger partial charge >= 0.3 is 0 Å². The number of thiophene rings is 1. The van der Waals surface area contributed by atoms with E-state index in [9.17, 15) is 13.2 Å². The highest BCUT2D eigenvalue weighted by atomic mass is 32.2. The lowest BCUT2D eigenvalue weighted by Gasteiger charge is -2.12. The van der Waals surface area contributed by atoms with E-state index in [-0.39, 0.29) is 10.1 Å². The summed E-state index contributed by atoms with van der Waals surface area (Å²) in [6.45, 7) is 0. The van der Waals surface area contributed by atoms with E-state index in [1.54, 1.807) is 37.7 Å². The maximum atomic E-state index is 12.2. The van der Waals surface area contributed by atoms with Crippen LogP contribution >= 0.6 is 11.3 Å². The Balaban J connectivity index is 2.28. The number of amides is 1. The molecule has 0 bridgehead atoms. The SMILES string of the molecule is CN(C)C(=O)c1cccc(NS(=O)(=O)c2cc(N)cs2)c1. The minimum Gasteiger partial charge on any atom is -0.398 e. The van der Waals surface area contributed by atoms with Crippen molar-refractivity contribution in [1.82, 2.24) is 4.90 Å². The third-order valence-electron chi connectivity index (χ3n) is 2.63. The molecule has 3 N–H and O–H groups in total. The molecule has 2 rings (SSSR count). The second kappa shape index (κ2) is 5.74. The van der Waals surface area contributed by atoms with Gasteiger partial charge in [0.05, 0.1) is 0 Å². The van der Waals surface area contributed by atoms with Crippen LogP contribution in [0.25, 0.3) is 0 Å². The first-order valence-corrected chi connectivity index (χ1v) is 8.34. The highest BCUT2D eigenvalue weighted by Crippen LogP contribution is 2.24. The minimum atomic E-state index is -3.69. The van der Waals surface area contributed by atoms with Crippen LogP contribution in [-0.4, -0.2) is 33.3 Å². The number of rotatable bonds is 4. The van der Waals surface area contributed by atoms with Crippen molar-refractivity contribution >= 4 is 38.6 Å². The van der Waals surface area contributed by atoms with Crippen LogP contribution in [0.15, 0.2) is 39.9 Å². The molecule has 0 saturated heterocycles. The molecular weight excluding hydrogens is 310 g/mol. The van der Waals surface area contributed by atoms with Gasteiger partial charge in [-0.2, -0.15) is 0 Å². The molecule has 0 aliphatic rings. The average Bonchev–Trinajstić information content (AvgIpc) is 2.85. The van der Waals surface area contributed by atoms with Crippen molar-refractivity contribution in [3.8, 4) is 0 Å². The number of nitrogens with one attached hydrogen (secondary N) is 1. The molecule has 0 aliphatic carbocycles. The number of anilines is 2. The van der Waals surface area contributed by atoms with E-state index in [4.69, 9.17) is 5.73 Å². The van der Waals surface area contributed by atoms with Crippen molar-refractivity contribution in [1.29, 1.82) is 0 Å². The third kappa shape index (κ3) is 3.53. The monoisotopic (exact) mass is 325 g/mol. The normalized spacial score (nSPS) is 11.1. The molecule has 2 aromatic rings. The summed E-state index contributed by atoms with van der Waals surface area (Å²) in [7, 11) is -0.427. The standard InChI is InChI=1S/C13H15N3O3S2/c1-16(2)13(17)9-4-3-5-11(6-9)15-21(18,19)12-7-10(14)8-20-12/h3-8,15H,14H2,1-2H3. The first-order chi connectivity index (χ1) is 9.79. The number of hydrogen-bond acceptors (Lipinski definition) is 5. The maximum Gasteiger partial charge on any atom is 0.271 e. The number of hydrogen-bond donors (Lipinski definition) is 2. The van der Waals surface area contributed by atoms with E-state index in [1.165, 1.54) is 17.0 Å². The van der Waals surface area contributed by atoms with Crippen LogP contribution in [0.3, 0.4) is 0 Å². The molecule has 1 aromatic carbocycles. The summed E-state index contributed by atoms with van der Waals surface area (Å²) in [6, 6.07) is 7.72. The number of carbonyl (C=O) groups is 1. The summed E-state index contributed by atoms with van der Waals surface area (Å²) in [6.07, 6.45) is 0. The zero-order valence-electron chi connectivity index (χ0n) is 11.5. The maximum absolute atomic E-state index is 12.2. The fourth-order valence-corrected chi connectivity index (χ4v) is 3.78. The molecule has 1 amide bonds. The molecule has 1 heterocycles. The van der Waals surface area contributed by atoms with Crippen LogP contribution in [0.2, 0.25) is 0 Å². The molecule has 1 aromatic heterocycles. The first kappa shape index (κ1) is 15.3. The molecule has 0 unspecified atom stereocenters. The minimum absolute atomic E-state index is 0.129. The van der Waals surface area contributed by atoms with Crippen LogP contribution in [0.4, 0.5) is 11.4 Å². The Labute approximate surface area is 127 Å². The van der Waals surface area contributed by atoms with Gasteiger partial charge in [0, 0.05) is 36.4 Å². The highest BCUT2D eigenvalue weighted by Gasteiger charge is 2.17. The Hall–Kier alpha value is -2.06. The van der Waals surface area contributed by atoms with E-state index in [0.717, 1.165) is 11.3 Å². The van der Waals surface area contributed by atoms with E-state index in [0.29, 0.717) is 16.9 Å². The van der Waals surface area contributed by atoms with Gasteiger partial charge in [-0.05, 0) is 24.3 Å². The van der Waals surface area contributed by atoms with Crippen molar-refractivity contribution in [3.63, 3.8) is 0 Å². The summed E-state index contributed by atoms with van der Waals surface area (Å²) in [5.74, 6) is -0.198. The molecule has 8 heteroatoms. The summed E-state index contributed by atoms with van der Waals surface area (Å²) in [4.78, 5) is 13.3. The van der Waals surface area contributed by atoms with E-state index >= 15 is 0 Å². The van der Waals surface area contributed by atoms with Crippen LogP contribution < -0.4 is 10.5 Å². The van der Waals surface area contributed by atoms with Gasteiger partial charge < -0.3 is 10.6 Å². The van der Waals surface area contributed by atoms with Gasteiger partial charge in [-0.25, -0.2) is 8.42 Å². The fourth-order valence-electron chi connectivity index (χ4n) is 1.65. The zero-order valence-corrected chi connectivity index (χ0v) is 13.2. The number of benzene rings is 1. The second-order valence-electron chi connectivity index (χ2n) is 4.58. The Bertz CT molecular complexity index is 766. The molecule has 0 saturated carbocycles. The van der Waals surface area contributed by atoms with E-state index in [1.807, 2.05) is 0 Å². The predicted octanol–water partition coefficient (Wildman–Crippen LogP) is 1.83. The number of nitrogens with zero attached hydrogens (tertiary/aromatic N) is 1. The molecule has 0 spiro atoms. The molecule has 112 valence electrons.